The Morgan fingerprint density at radius 2 is 2.00 bits per heavy atom. The number of rotatable bonds is 4. The maximum Gasteiger partial charge on any atom is 0.277 e. The van der Waals surface area contributed by atoms with E-state index >= 15 is 0 Å². The molecule has 0 saturated heterocycles. The molecule has 0 heterocycles. The second-order valence-corrected chi connectivity index (χ2v) is 4.34. The van der Waals surface area contributed by atoms with E-state index in [-0.39, 0.29) is 12.5 Å². The lowest BCUT2D eigenvalue weighted by Gasteiger charge is -2.05. The molecule has 19 heavy (non-hydrogen) atoms. The molecule has 1 N–H and O–H groups in total. The molecule has 1 aromatic carbocycles. The number of hydrogen-bond donors (Lipinski definition) is 1. The molecule has 1 aromatic rings. The zero-order chi connectivity index (χ0) is 13.5. The van der Waals surface area contributed by atoms with Crippen LogP contribution in [-0.4, -0.2) is 18.2 Å². The van der Waals surface area contributed by atoms with Crippen LogP contribution in [0.5, 0.6) is 5.75 Å². The zero-order valence-corrected chi connectivity index (χ0v) is 10.6. The summed E-state index contributed by atoms with van der Waals surface area (Å²) in [5.74, 6) is 0.284. The first-order valence-electron chi connectivity index (χ1n) is 6.25. The van der Waals surface area contributed by atoms with Crippen molar-refractivity contribution in [2.24, 2.45) is 5.10 Å². The molecular weight excluding hydrogens is 242 g/mol. The predicted octanol–water partition coefficient (Wildman–Crippen LogP) is 1.98. The molecule has 0 bridgehead atoms. The highest BCUT2D eigenvalue weighted by Crippen LogP contribution is 2.14. The summed E-state index contributed by atoms with van der Waals surface area (Å²) in [6, 6.07) is 8.63. The van der Waals surface area contributed by atoms with Crippen molar-refractivity contribution in [3.05, 3.63) is 29.8 Å². The average Bonchev–Trinajstić information content (AvgIpc) is 2.96. The summed E-state index contributed by atoms with van der Waals surface area (Å²) in [5.41, 5.74) is 4.10. The number of ether oxygens (including phenoxy) is 1. The van der Waals surface area contributed by atoms with Crippen LogP contribution in [0.3, 0.4) is 0 Å². The zero-order valence-electron chi connectivity index (χ0n) is 10.6. The van der Waals surface area contributed by atoms with Crippen LogP contribution in [0.4, 0.5) is 0 Å². The minimum absolute atomic E-state index is 0.0807. The van der Waals surface area contributed by atoms with Gasteiger partial charge in [0.05, 0.1) is 11.6 Å². The van der Waals surface area contributed by atoms with Crippen molar-refractivity contribution in [3.8, 4) is 11.8 Å². The van der Waals surface area contributed by atoms with Crippen LogP contribution in [0, 0.1) is 11.3 Å². The first-order valence-corrected chi connectivity index (χ1v) is 6.25. The van der Waals surface area contributed by atoms with Gasteiger partial charge in [0.25, 0.3) is 5.91 Å². The van der Waals surface area contributed by atoms with Crippen LogP contribution in [-0.2, 0) is 4.79 Å². The van der Waals surface area contributed by atoms with E-state index in [9.17, 15) is 4.79 Å². The standard InChI is InChI=1S/C14H15N3O2/c15-9-11-5-7-13(8-6-11)19-10-14(18)17-16-12-3-1-2-4-12/h5-8H,1-4,10H2,(H,17,18). The summed E-state index contributed by atoms with van der Waals surface area (Å²) >= 11 is 0. The van der Waals surface area contributed by atoms with Crippen LogP contribution in [0.2, 0.25) is 0 Å². The number of nitrogens with zero attached hydrogens (tertiary/aromatic N) is 2. The lowest BCUT2D eigenvalue weighted by Crippen LogP contribution is -2.25. The van der Waals surface area contributed by atoms with Gasteiger partial charge in [0.15, 0.2) is 6.61 Å². The van der Waals surface area contributed by atoms with Gasteiger partial charge in [-0.1, -0.05) is 0 Å². The summed E-state index contributed by atoms with van der Waals surface area (Å²) < 4.78 is 5.29. The third-order valence-electron chi connectivity index (χ3n) is 2.87. The van der Waals surface area contributed by atoms with E-state index in [0.717, 1.165) is 31.4 Å². The summed E-state index contributed by atoms with van der Waals surface area (Å²) in [7, 11) is 0. The lowest BCUT2D eigenvalue weighted by molar-refractivity contribution is -0.123. The van der Waals surface area contributed by atoms with Gasteiger partial charge in [-0.25, -0.2) is 5.43 Å². The van der Waals surface area contributed by atoms with Gasteiger partial charge in [0.2, 0.25) is 0 Å². The molecule has 2 rings (SSSR count). The van der Waals surface area contributed by atoms with Crippen molar-refractivity contribution < 1.29 is 9.53 Å². The third-order valence-corrected chi connectivity index (χ3v) is 2.87. The topological polar surface area (TPSA) is 74.5 Å². The largest absolute Gasteiger partial charge is 0.484 e. The number of carbonyl (C=O) groups is 1. The summed E-state index contributed by atoms with van der Waals surface area (Å²) in [6.07, 6.45) is 4.24. The number of nitrogens with one attached hydrogen (secondary N) is 1. The van der Waals surface area contributed by atoms with Gasteiger partial charge in [0, 0.05) is 5.71 Å². The third kappa shape index (κ3) is 4.11. The van der Waals surface area contributed by atoms with Crippen molar-refractivity contribution in [1.82, 2.24) is 5.43 Å². The first kappa shape index (κ1) is 13.1. The number of hydrazone groups is 1. The van der Waals surface area contributed by atoms with Gasteiger partial charge in [-0.05, 0) is 49.9 Å². The Kier molecular flexibility index (Phi) is 4.51. The van der Waals surface area contributed by atoms with Crippen molar-refractivity contribution in [1.29, 1.82) is 5.26 Å². The molecule has 0 atom stereocenters. The van der Waals surface area contributed by atoms with Crippen molar-refractivity contribution >= 4 is 11.6 Å². The molecule has 0 aliphatic heterocycles. The molecule has 5 nitrogen and oxygen atoms in total. The second kappa shape index (κ2) is 6.55. The average molecular weight is 257 g/mol. The van der Waals surface area contributed by atoms with E-state index in [1.54, 1.807) is 24.3 Å². The van der Waals surface area contributed by atoms with E-state index in [1.807, 2.05) is 6.07 Å². The van der Waals surface area contributed by atoms with Crippen LogP contribution in [0.1, 0.15) is 31.2 Å². The Hall–Kier alpha value is -2.35. The molecular formula is C14H15N3O2. The molecule has 1 fully saturated rings. The number of nitriles is 1. The van der Waals surface area contributed by atoms with Gasteiger partial charge in [-0.3, -0.25) is 4.79 Å². The van der Waals surface area contributed by atoms with Gasteiger partial charge in [-0.2, -0.15) is 10.4 Å². The Labute approximate surface area is 111 Å². The smallest absolute Gasteiger partial charge is 0.277 e. The molecule has 0 aromatic heterocycles. The fourth-order valence-corrected chi connectivity index (χ4v) is 1.84. The fourth-order valence-electron chi connectivity index (χ4n) is 1.84. The Balaban J connectivity index is 1.76. The number of hydrogen-bond acceptors (Lipinski definition) is 4. The highest BCUT2D eigenvalue weighted by molar-refractivity contribution is 5.87. The molecule has 5 heteroatoms. The monoisotopic (exact) mass is 257 g/mol. The SMILES string of the molecule is N#Cc1ccc(OCC(=O)NN=C2CCCC2)cc1. The van der Waals surface area contributed by atoms with Crippen molar-refractivity contribution in [2.45, 2.75) is 25.7 Å². The summed E-state index contributed by atoms with van der Waals surface area (Å²) in [5, 5.41) is 12.7. The van der Waals surface area contributed by atoms with Crippen molar-refractivity contribution in [3.63, 3.8) is 0 Å². The number of benzene rings is 1. The highest BCUT2D eigenvalue weighted by atomic mass is 16.5. The number of carbonyl (C=O) groups excluding carboxylic acids is 1. The van der Waals surface area contributed by atoms with Crippen LogP contribution in [0.25, 0.3) is 0 Å². The van der Waals surface area contributed by atoms with E-state index in [2.05, 4.69) is 10.5 Å². The van der Waals surface area contributed by atoms with Crippen LogP contribution >= 0.6 is 0 Å². The molecule has 1 aliphatic rings. The number of amides is 1. The van der Waals surface area contributed by atoms with E-state index in [0.29, 0.717) is 11.3 Å². The van der Waals surface area contributed by atoms with E-state index < -0.39 is 0 Å². The molecule has 1 saturated carbocycles. The van der Waals surface area contributed by atoms with Gasteiger partial charge in [0.1, 0.15) is 5.75 Å². The summed E-state index contributed by atoms with van der Waals surface area (Å²) in [6.45, 7) is -0.0807. The Morgan fingerprint density at radius 1 is 1.32 bits per heavy atom. The van der Waals surface area contributed by atoms with Gasteiger partial charge in [-0.15, -0.1) is 0 Å². The fraction of sp³-hybridized carbons (Fsp3) is 0.357. The van der Waals surface area contributed by atoms with E-state index in [1.165, 1.54) is 0 Å². The van der Waals surface area contributed by atoms with E-state index in [4.69, 9.17) is 10.00 Å². The Bertz CT molecular complexity index is 506. The van der Waals surface area contributed by atoms with Gasteiger partial charge >= 0.3 is 0 Å². The quantitative estimate of drug-likeness (QED) is 0.838. The molecule has 0 radical (unpaired) electrons. The van der Waals surface area contributed by atoms with Crippen LogP contribution in [0.15, 0.2) is 29.4 Å². The first-order chi connectivity index (χ1) is 9.28. The predicted molar refractivity (Wildman–Crippen MR) is 70.7 cm³/mol. The normalized spacial score (nSPS) is 13.7. The molecule has 0 spiro atoms. The summed E-state index contributed by atoms with van der Waals surface area (Å²) in [4.78, 5) is 11.5. The van der Waals surface area contributed by atoms with Gasteiger partial charge < -0.3 is 4.74 Å². The minimum atomic E-state index is -0.274. The Morgan fingerprint density at radius 3 is 2.63 bits per heavy atom. The van der Waals surface area contributed by atoms with Crippen molar-refractivity contribution in [2.75, 3.05) is 6.61 Å². The second-order valence-electron chi connectivity index (χ2n) is 4.34. The maximum absolute atomic E-state index is 11.5. The van der Waals surface area contributed by atoms with Crippen LogP contribution < -0.4 is 10.2 Å². The molecule has 1 amide bonds. The minimum Gasteiger partial charge on any atom is -0.484 e. The lowest BCUT2D eigenvalue weighted by atomic mass is 10.2. The molecule has 0 unspecified atom stereocenters. The highest BCUT2D eigenvalue weighted by Gasteiger charge is 2.09. The molecule has 1 aliphatic carbocycles. The molecule has 98 valence electrons. The maximum atomic E-state index is 11.5.